The van der Waals surface area contributed by atoms with Crippen LogP contribution in [0.5, 0.6) is 5.75 Å². The Morgan fingerprint density at radius 3 is 2.44 bits per heavy atom. The van der Waals surface area contributed by atoms with E-state index in [0.717, 1.165) is 0 Å². The zero-order valence-corrected chi connectivity index (χ0v) is 16.2. The molecule has 1 atom stereocenters. The van der Waals surface area contributed by atoms with Gasteiger partial charge in [-0.2, -0.15) is 0 Å². The molecule has 136 valence electrons. The molecule has 2 rings (SSSR count). The molecule has 1 aromatic carbocycles. The molecule has 0 bridgehead atoms. The maximum atomic E-state index is 12.7. The number of carbonyl (C=O) groups is 1. The first kappa shape index (κ1) is 19.1. The van der Waals surface area contributed by atoms with Crippen LogP contribution in [-0.2, 0) is 16.8 Å². The number of carbonyl (C=O) groups excluding carboxylic acids is 1. The van der Waals surface area contributed by atoms with Crippen LogP contribution in [0.1, 0.15) is 29.8 Å². The Labute approximate surface area is 151 Å². The standard InChI is InChI=1S/C16H20ClN3O4S/c1-9(2)25(5,23)19-14-12(24-4)7-6-10(13(14)17)15(21)11-8-18-20(3)16(11)22/h6-8,18H,1-5H3,(H,19,23). The van der Waals surface area contributed by atoms with Gasteiger partial charge in [0, 0.05) is 34.8 Å². The van der Waals surface area contributed by atoms with Gasteiger partial charge in [-0.15, -0.1) is 0 Å². The minimum absolute atomic E-state index is 0.0315. The van der Waals surface area contributed by atoms with Gasteiger partial charge in [0.1, 0.15) is 17.0 Å². The third-order valence-corrected chi connectivity index (χ3v) is 6.37. The predicted molar refractivity (Wildman–Crippen MR) is 102 cm³/mol. The molecule has 25 heavy (non-hydrogen) atoms. The second kappa shape index (κ2) is 6.97. The molecule has 0 amide bonds. The van der Waals surface area contributed by atoms with Gasteiger partial charge < -0.3 is 14.6 Å². The fourth-order valence-corrected chi connectivity index (χ4v) is 3.21. The minimum atomic E-state index is -2.55. The lowest BCUT2D eigenvalue weighted by atomic mass is 10.1. The molecule has 0 saturated carbocycles. The molecular formula is C16H20ClN3O4S. The summed E-state index contributed by atoms with van der Waals surface area (Å²) in [4.78, 5) is 25.4. The molecule has 1 aromatic heterocycles. The van der Waals surface area contributed by atoms with Gasteiger partial charge >= 0.3 is 0 Å². The van der Waals surface area contributed by atoms with Gasteiger partial charge in [-0.25, -0.2) is 4.21 Å². The Morgan fingerprint density at radius 2 is 1.96 bits per heavy atom. The van der Waals surface area contributed by atoms with Crippen molar-refractivity contribution in [3.63, 3.8) is 0 Å². The normalized spacial score (nSPS) is 13.2. The van der Waals surface area contributed by atoms with Crippen LogP contribution in [-0.4, -0.2) is 38.0 Å². The number of H-pyrrole nitrogens is 1. The lowest BCUT2D eigenvalue weighted by molar-refractivity contribution is 0.103. The highest BCUT2D eigenvalue weighted by atomic mass is 35.5. The average molecular weight is 386 g/mol. The second-order valence-corrected chi connectivity index (χ2v) is 8.82. The molecule has 9 heteroatoms. The Hall–Kier alpha value is -2.19. The van der Waals surface area contributed by atoms with Gasteiger partial charge in [0.25, 0.3) is 5.56 Å². The lowest BCUT2D eigenvalue weighted by Crippen LogP contribution is -2.20. The summed E-state index contributed by atoms with van der Waals surface area (Å²) in [6, 6.07) is 3.01. The number of aromatic nitrogens is 2. The molecule has 7 nitrogen and oxygen atoms in total. The van der Waals surface area contributed by atoms with Gasteiger partial charge in [-0.3, -0.25) is 14.3 Å². The van der Waals surface area contributed by atoms with Crippen molar-refractivity contribution in [2.45, 2.75) is 13.8 Å². The summed E-state index contributed by atoms with van der Waals surface area (Å²) >= 11 is 6.39. The summed E-state index contributed by atoms with van der Waals surface area (Å²) in [5.41, 5.74) is -0.124. The molecule has 2 aromatic rings. The van der Waals surface area contributed by atoms with Crippen molar-refractivity contribution in [2.75, 3.05) is 18.1 Å². The first-order valence-corrected chi connectivity index (χ1v) is 9.67. The van der Waals surface area contributed by atoms with Crippen LogP contribution >= 0.6 is 11.6 Å². The lowest BCUT2D eigenvalue weighted by Gasteiger charge is -2.17. The zero-order valence-electron chi connectivity index (χ0n) is 14.6. The molecular weight excluding hydrogens is 366 g/mol. The van der Waals surface area contributed by atoms with Crippen molar-refractivity contribution in [1.29, 1.82) is 0 Å². The molecule has 1 heterocycles. The second-order valence-electron chi connectivity index (χ2n) is 5.74. The number of benzene rings is 1. The SMILES string of the molecule is COc1ccc(C(=O)c2c[nH]n(C)c2=O)c(Cl)c1NS(C)(=O)=C(C)C. The van der Waals surface area contributed by atoms with Crippen molar-refractivity contribution < 1.29 is 13.7 Å². The number of hydrogen-bond acceptors (Lipinski definition) is 4. The molecule has 0 aliphatic rings. The average Bonchev–Trinajstić information content (AvgIpc) is 2.88. The predicted octanol–water partition coefficient (Wildman–Crippen LogP) is 2.06. The van der Waals surface area contributed by atoms with E-state index in [2.05, 4.69) is 9.82 Å². The van der Waals surface area contributed by atoms with E-state index in [0.29, 0.717) is 10.6 Å². The number of halogens is 1. The molecule has 0 radical (unpaired) electrons. The van der Waals surface area contributed by atoms with Crippen molar-refractivity contribution in [3.05, 3.63) is 44.8 Å². The third-order valence-electron chi connectivity index (χ3n) is 3.83. The summed E-state index contributed by atoms with van der Waals surface area (Å²) in [5, 5.41) is 2.69. The highest BCUT2D eigenvalue weighted by molar-refractivity contribution is 8.02. The number of ether oxygens (including phenoxy) is 1. The maximum Gasteiger partial charge on any atom is 0.277 e. The van der Waals surface area contributed by atoms with Crippen LogP contribution in [0.3, 0.4) is 0 Å². The van der Waals surface area contributed by atoms with E-state index < -0.39 is 21.1 Å². The third kappa shape index (κ3) is 3.59. The molecule has 0 aliphatic carbocycles. The van der Waals surface area contributed by atoms with Crippen molar-refractivity contribution >= 4 is 37.6 Å². The maximum absolute atomic E-state index is 12.7. The van der Waals surface area contributed by atoms with Crippen LogP contribution in [0.2, 0.25) is 5.02 Å². The van der Waals surface area contributed by atoms with Crippen molar-refractivity contribution in [1.82, 2.24) is 9.78 Å². The van der Waals surface area contributed by atoms with E-state index in [1.807, 2.05) is 0 Å². The van der Waals surface area contributed by atoms with Gasteiger partial charge in [-0.05, 0) is 30.8 Å². The summed E-state index contributed by atoms with van der Waals surface area (Å²) in [6.45, 7) is 3.46. The largest absolute Gasteiger partial charge is 0.495 e. The van der Waals surface area contributed by atoms with Gasteiger partial charge in [0.05, 0.1) is 12.1 Å². The Kier molecular flexibility index (Phi) is 5.34. The van der Waals surface area contributed by atoms with Crippen LogP contribution in [0.15, 0.2) is 23.1 Å². The molecule has 0 saturated heterocycles. The summed E-state index contributed by atoms with van der Waals surface area (Å²) < 4.78 is 22.0. The first-order chi connectivity index (χ1) is 11.6. The van der Waals surface area contributed by atoms with E-state index >= 15 is 0 Å². The van der Waals surface area contributed by atoms with E-state index in [4.69, 9.17) is 16.3 Å². The number of hydrogen-bond donors (Lipinski definition) is 2. The number of rotatable bonds is 5. The van der Waals surface area contributed by atoms with Gasteiger partial charge in [0.2, 0.25) is 5.78 Å². The molecule has 0 fully saturated rings. The fraction of sp³-hybridized carbons (Fsp3) is 0.312. The quantitative estimate of drug-likeness (QED) is 0.608. The Morgan fingerprint density at radius 1 is 1.32 bits per heavy atom. The van der Waals surface area contributed by atoms with Crippen LogP contribution < -0.4 is 15.0 Å². The van der Waals surface area contributed by atoms with Crippen LogP contribution in [0, 0.1) is 0 Å². The molecule has 2 N–H and O–H groups in total. The van der Waals surface area contributed by atoms with Crippen molar-refractivity contribution in [2.24, 2.45) is 7.05 Å². The first-order valence-electron chi connectivity index (χ1n) is 7.33. The number of nitrogens with zero attached hydrogens (tertiary/aromatic N) is 1. The number of anilines is 1. The summed E-state index contributed by atoms with van der Waals surface area (Å²) in [5.74, 6) is -0.184. The fourth-order valence-electron chi connectivity index (χ4n) is 2.07. The van der Waals surface area contributed by atoms with Gasteiger partial charge in [0.15, 0.2) is 0 Å². The highest BCUT2D eigenvalue weighted by Crippen LogP contribution is 2.36. The Bertz CT molecular complexity index is 1010. The van der Waals surface area contributed by atoms with Gasteiger partial charge in [-0.1, -0.05) is 11.6 Å². The van der Waals surface area contributed by atoms with Crippen LogP contribution in [0.25, 0.3) is 0 Å². The highest BCUT2D eigenvalue weighted by Gasteiger charge is 2.23. The van der Waals surface area contributed by atoms with E-state index in [-0.39, 0.29) is 21.8 Å². The van der Waals surface area contributed by atoms with E-state index in [1.54, 1.807) is 19.9 Å². The monoisotopic (exact) mass is 385 g/mol. The summed E-state index contributed by atoms with van der Waals surface area (Å²) in [6.07, 6.45) is 2.86. The minimum Gasteiger partial charge on any atom is -0.495 e. The number of aryl methyl sites for hydroxylation is 1. The molecule has 1 unspecified atom stereocenters. The van der Waals surface area contributed by atoms with E-state index in [9.17, 15) is 13.8 Å². The van der Waals surface area contributed by atoms with Crippen LogP contribution in [0.4, 0.5) is 5.69 Å². The smallest absolute Gasteiger partial charge is 0.277 e. The molecule has 0 spiro atoms. The number of aromatic amines is 1. The number of nitrogens with one attached hydrogen (secondary N) is 2. The number of methoxy groups -OCH3 is 1. The van der Waals surface area contributed by atoms with Crippen molar-refractivity contribution in [3.8, 4) is 5.75 Å². The Balaban J connectivity index is 2.63. The summed E-state index contributed by atoms with van der Waals surface area (Å²) in [7, 11) is 0.404. The van der Waals surface area contributed by atoms with E-state index in [1.165, 1.54) is 37.4 Å². The topological polar surface area (TPSA) is 93.2 Å². The zero-order chi connectivity index (χ0) is 18.9. The molecule has 0 aliphatic heterocycles. The number of ketones is 1.